The highest BCUT2D eigenvalue weighted by Crippen LogP contribution is 2.45. The first-order valence-electron chi connectivity index (χ1n) is 6.35. The van der Waals surface area contributed by atoms with Gasteiger partial charge in [0.05, 0.1) is 0 Å². The van der Waals surface area contributed by atoms with E-state index in [2.05, 4.69) is 34.7 Å². The molecule has 1 aliphatic carbocycles. The molecule has 1 saturated carbocycles. The van der Waals surface area contributed by atoms with Crippen LogP contribution >= 0.6 is 11.3 Å². The van der Waals surface area contributed by atoms with Gasteiger partial charge in [-0.3, -0.25) is 4.90 Å². The molecule has 2 heterocycles. The van der Waals surface area contributed by atoms with Gasteiger partial charge in [-0.25, -0.2) is 0 Å². The second-order valence-electron chi connectivity index (χ2n) is 5.15. The Morgan fingerprint density at radius 1 is 1.50 bits per heavy atom. The van der Waals surface area contributed by atoms with Crippen LogP contribution in [0.4, 0.5) is 0 Å². The molecule has 0 aromatic carbocycles. The van der Waals surface area contributed by atoms with Crippen molar-refractivity contribution in [1.29, 1.82) is 0 Å². The predicted molar refractivity (Wildman–Crippen MR) is 68.8 cm³/mol. The van der Waals surface area contributed by atoms with Crippen LogP contribution in [0.3, 0.4) is 0 Å². The van der Waals surface area contributed by atoms with Crippen LogP contribution in [-0.4, -0.2) is 30.6 Å². The predicted octanol–water partition coefficient (Wildman–Crippen LogP) is 2.49. The molecule has 1 aromatic heterocycles. The molecule has 3 heteroatoms. The summed E-state index contributed by atoms with van der Waals surface area (Å²) in [5.74, 6) is 0.934. The van der Waals surface area contributed by atoms with E-state index in [1.165, 1.54) is 25.9 Å². The van der Waals surface area contributed by atoms with Gasteiger partial charge in [-0.15, -0.1) is 11.3 Å². The third-order valence-electron chi connectivity index (χ3n) is 3.70. The molecule has 3 rings (SSSR count). The van der Waals surface area contributed by atoms with Crippen molar-refractivity contribution >= 4 is 11.3 Å². The summed E-state index contributed by atoms with van der Waals surface area (Å²) in [6, 6.07) is 5.88. The van der Waals surface area contributed by atoms with Crippen LogP contribution in [0.2, 0.25) is 0 Å². The quantitative estimate of drug-likeness (QED) is 0.867. The van der Waals surface area contributed by atoms with Gasteiger partial charge in [0.2, 0.25) is 0 Å². The number of rotatable bonds is 3. The minimum atomic E-state index is 0.648. The molecule has 16 heavy (non-hydrogen) atoms. The molecular formula is C13H20N2S. The molecule has 0 spiro atoms. The van der Waals surface area contributed by atoms with E-state index in [4.69, 9.17) is 0 Å². The second-order valence-corrected chi connectivity index (χ2v) is 6.13. The maximum atomic E-state index is 3.53. The number of piperazine rings is 1. The summed E-state index contributed by atoms with van der Waals surface area (Å²) < 4.78 is 0. The zero-order chi connectivity index (χ0) is 11.0. The highest BCUT2D eigenvalue weighted by molar-refractivity contribution is 7.10. The van der Waals surface area contributed by atoms with Gasteiger partial charge >= 0.3 is 0 Å². The van der Waals surface area contributed by atoms with Crippen molar-refractivity contribution in [2.75, 3.05) is 19.6 Å². The van der Waals surface area contributed by atoms with Gasteiger partial charge in [0.15, 0.2) is 0 Å². The summed E-state index contributed by atoms with van der Waals surface area (Å²) in [5, 5.41) is 5.75. The number of nitrogens with zero attached hydrogens (tertiary/aromatic N) is 1. The molecule has 0 amide bonds. The molecule has 88 valence electrons. The first kappa shape index (κ1) is 10.8. The molecule has 2 fully saturated rings. The van der Waals surface area contributed by atoms with Gasteiger partial charge in [-0.2, -0.15) is 0 Å². The van der Waals surface area contributed by atoms with Gasteiger partial charge in [-0.05, 0) is 37.1 Å². The summed E-state index contributed by atoms with van der Waals surface area (Å²) in [4.78, 5) is 4.28. The Morgan fingerprint density at radius 3 is 3.00 bits per heavy atom. The number of hydrogen-bond acceptors (Lipinski definition) is 3. The maximum absolute atomic E-state index is 3.53. The van der Waals surface area contributed by atoms with Crippen molar-refractivity contribution in [3.8, 4) is 0 Å². The summed E-state index contributed by atoms with van der Waals surface area (Å²) >= 11 is 1.93. The Kier molecular flexibility index (Phi) is 3.01. The molecule has 2 nitrogen and oxygen atoms in total. The van der Waals surface area contributed by atoms with Crippen LogP contribution in [0.15, 0.2) is 17.5 Å². The monoisotopic (exact) mass is 236 g/mol. The lowest BCUT2D eigenvalue weighted by atomic mass is 10.1. The van der Waals surface area contributed by atoms with Crippen molar-refractivity contribution in [1.82, 2.24) is 10.2 Å². The van der Waals surface area contributed by atoms with Gasteiger partial charge < -0.3 is 5.32 Å². The van der Waals surface area contributed by atoms with E-state index >= 15 is 0 Å². The van der Waals surface area contributed by atoms with E-state index < -0.39 is 0 Å². The van der Waals surface area contributed by atoms with Crippen LogP contribution < -0.4 is 5.32 Å². The van der Waals surface area contributed by atoms with Crippen molar-refractivity contribution in [3.63, 3.8) is 0 Å². The fraction of sp³-hybridized carbons (Fsp3) is 0.692. The van der Waals surface area contributed by atoms with Crippen LogP contribution in [0.5, 0.6) is 0 Å². The van der Waals surface area contributed by atoms with Gasteiger partial charge in [0.25, 0.3) is 0 Å². The summed E-state index contributed by atoms with van der Waals surface area (Å²) in [7, 11) is 0. The Balaban J connectivity index is 1.77. The van der Waals surface area contributed by atoms with E-state index in [0.29, 0.717) is 12.1 Å². The zero-order valence-corrected chi connectivity index (χ0v) is 10.7. The van der Waals surface area contributed by atoms with Crippen LogP contribution in [0, 0.1) is 5.92 Å². The normalized spacial score (nSPS) is 29.2. The molecule has 2 aliphatic rings. The summed E-state index contributed by atoms with van der Waals surface area (Å²) in [6.07, 6.45) is 2.86. The Hall–Kier alpha value is -0.380. The fourth-order valence-corrected chi connectivity index (χ4v) is 3.75. The standard InChI is InChI=1S/C13H20N2S/c1-10-9-15(7-6-14-10)13(11-4-5-11)12-3-2-8-16-12/h2-3,8,10-11,13-14H,4-7,9H2,1H3. The number of thiophene rings is 1. The molecule has 1 aliphatic heterocycles. The molecule has 1 N–H and O–H groups in total. The van der Waals surface area contributed by atoms with Gasteiger partial charge in [0.1, 0.15) is 0 Å². The molecule has 2 unspecified atom stereocenters. The number of hydrogen-bond donors (Lipinski definition) is 1. The third kappa shape index (κ3) is 2.17. The minimum absolute atomic E-state index is 0.648. The van der Waals surface area contributed by atoms with E-state index in [-0.39, 0.29) is 0 Å². The molecule has 1 saturated heterocycles. The van der Waals surface area contributed by atoms with E-state index in [1.54, 1.807) is 4.88 Å². The first-order chi connectivity index (χ1) is 7.84. The average Bonchev–Trinajstić information content (AvgIpc) is 2.94. The van der Waals surface area contributed by atoms with E-state index in [0.717, 1.165) is 12.5 Å². The van der Waals surface area contributed by atoms with Gasteiger partial charge in [-0.1, -0.05) is 6.07 Å². The Bertz CT molecular complexity index is 332. The van der Waals surface area contributed by atoms with Crippen molar-refractivity contribution in [2.45, 2.75) is 31.8 Å². The van der Waals surface area contributed by atoms with E-state index in [9.17, 15) is 0 Å². The third-order valence-corrected chi connectivity index (χ3v) is 4.64. The molecule has 1 aromatic rings. The SMILES string of the molecule is CC1CN(C(c2cccs2)C2CC2)CCN1. The second kappa shape index (κ2) is 4.47. The van der Waals surface area contributed by atoms with Crippen LogP contribution in [-0.2, 0) is 0 Å². The van der Waals surface area contributed by atoms with Gasteiger partial charge in [0, 0.05) is 36.6 Å². The lowest BCUT2D eigenvalue weighted by Crippen LogP contribution is -2.50. The highest BCUT2D eigenvalue weighted by atomic mass is 32.1. The minimum Gasteiger partial charge on any atom is -0.312 e. The van der Waals surface area contributed by atoms with Crippen LogP contribution in [0.1, 0.15) is 30.7 Å². The first-order valence-corrected chi connectivity index (χ1v) is 7.23. The molecular weight excluding hydrogens is 216 g/mol. The number of nitrogens with one attached hydrogen (secondary N) is 1. The largest absolute Gasteiger partial charge is 0.312 e. The van der Waals surface area contributed by atoms with Crippen molar-refractivity contribution in [3.05, 3.63) is 22.4 Å². The van der Waals surface area contributed by atoms with Crippen molar-refractivity contribution in [2.24, 2.45) is 5.92 Å². The summed E-state index contributed by atoms with van der Waals surface area (Å²) in [5.41, 5.74) is 0. The molecule has 0 radical (unpaired) electrons. The van der Waals surface area contributed by atoms with Crippen LogP contribution in [0.25, 0.3) is 0 Å². The lowest BCUT2D eigenvalue weighted by Gasteiger charge is -2.37. The average molecular weight is 236 g/mol. The Labute approximate surface area is 102 Å². The van der Waals surface area contributed by atoms with Crippen molar-refractivity contribution < 1.29 is 0 Å². The molecule has 2 atom stereocenters. The topological polar surface area (TPSA) is 15.3 Å². The highest BCUT2D eigenvalue weighted by Gasteiger charge is 2.37. The fourth-order valence-electron chi connectivity index (χ4n) is 2.80. The summed E-state index contributed by atoms with van der Waals surface area (Å²) in [6.45, 7) is 5.86. The smallest absolute Gasteiger partial charge is 0.0470 e. The zero-order valence-electron chi connectivity index (χ0n) is 9.86. The Morgan fingerprint density at radius 2 is 2.38 bits per heavy atom. The molecule has 0 bridgehead atoms. The lowest BCUT2D eigenvalue weighted by molar-refractivity contribution is 0.135. The van der Waals surface area contributed by atoms with E-state index in [1.807, 2.05) is 11.3 Å². The maximum Gasteiger partial charge on any atom is 0.0470 e.